The highest BCUT2D eigenvalue weighted by Crippen LogP contribution is 2.15. The summed E-state index contributed by atoms with van der Waals surface area (Å²) in [6.07, 6.45) is -0.271. The molecule has 0 N–H and O–H groups in total. The zero-order chi connectivity index (χ0) is 16.8. The zero-order valence-electron chi connectivity index (χ0n) is 14.1. The summed E-state index contributed by atoms with van der Waals surface area (Å²) < 4.78 is 5.01. The second-order valence-electron chi connectivity index (χ2n) is 5.63. The molecule has 0 aliphatic carbocycles. The lowest BCUT2D eigenvalue weighted by molar-refractivity contribution is -0.123. The summed E-state index contributed by atoms with van der Waals surface area (Å²) in [6, 6.07) is 9.39. The van der Waals surface area contributed by atoms with E-state index in [9.17, 15) is 9.59 Å². The Morgan fingerprint density at radius 2 is 1.78 bits per heavy atom. The number of hydrogen-bond acceptors (Lipinski definition) is 4. The van der Waals surface area contributed by atoms with Gasteiger partial charge in [0.2, 0.25) is 5.91 Å². The first-order chi connectivity index (χ1) is 11.0. The number of carbonyl (C=O) groups is 2. The second kappa shape index (κ2) is 7.97. The van der Waals surface area contributed by atoms with E-state index >= 15 is 0 Å². The van der Waals surface area contributed by atoms with Crippen LogP contribution in [0.5, 0.6) is 0 Å². The van der Waals surface area contributed by atoms with Crippen molar-refractivity contribution in [1.29, 1.82) is 0 Å². The number of piperazine rings is 1. The van der Waals surface area contributed by atoms with E-state index in [1.807, 2.05) is 37.3 Å². The minimum Gasteiger partial charge on any atom is -0.450 e. The molecule has 1 heterocycles. The Kier molecular flexibility index (Phi) is 5.98. The van der Waals surface area contributed by atoms with E-state index < -0.39 is 0 Å². The van der Waals surface area contributed by atoms with Gasteiger partial charge in [0.05, 0.1) is 12.6 Å². The molecule has 1 aromatic rings. The summed E-state index contributed by atoms with van der Waals surface area (Å²) in [5.74, 6) is 0.0563. The third kappa shape index (κ3) is 4.22. The van der Waals surface area contributed by atoms with Gasteiger partial charge in [-0.2, -0.15) is 0 Å². The Balaban J connectivity index is 1.90. The summed E-state index contributed by atoms with van der Waals surface area (Å²) in [5, 5.41) is 0. The fourth-order valence-electron chi connectivity index (χ4n) is 2.72. The quantitative estimate of drug-likeness (QED) is 0.849. The van der Waals surface area contributed by atoms with Crippen LogP contribution in [0.25, 0.3) is 0 Å². The fraction of sp³-hybridized carbons (Fsp3) is 0.529. The first kappa shape index (κ1) is 17.3. The molecule has 6 heteroatoms. The number of ether oxygens (including phenoxy) is 1. The van der Waals surface area contributed by atoms with E-state index in [0.29, 0.717) is 32.8 Å². The van der Waals surface area contributed by atoms with E-state index in [0.717, 1.165) is 5.69 Å². The van der Waals surface area contributed by atoms with E-state index in [1.165, 1.54) is 0 Å². The van der Waals surface area contributed by atoms with E-state index in [1.54, 1.807) is 23.8 Å². The molecular weight excluding hydrogens is 294 g/mol. The smallest absolute Gasteiger partial charge is 0.409 e. The number of benzene rings is 1. The number of likely N-dealkylation sites (N-methyl/N-ethyl adjacent to an activating group) is 1. The highest BCUT2D eigenvalue weighted by Gasteiger charge is 2.29. The van der Waals surface area contributed by atoms with Gasteiger partial charge >= 0.3 is 6.09 Å². The molecule has 2 rings (SSSR count). The second-order valence-corrected chi connectivity index (χ2v) is 5.63. The number of rotatable bonds is 4. The van der Waals surface area contributed by atoms with Crippen LogP contribution < -0.4 is 4.90 Å². The van der Waals surface area contributed by atoms with Crippen molar-refractivity contribution in [3.05, 3.63) is 30.3 Å². The van der Waals surface area contributed by atoms with Crippen molar-refractivity contribution < 1.29 is 14.3 Å². The molecule has 1 unspecified atom stereocenters. The van der Waals surface area contributed by atoms with Crippen molar-refractivity contribution in [1.82, 2.24) is 9.80 Å². The van der Waals surface area contributed by atoms with Gasteiger partial charge in [-0.05, 0) is 26.0 Å². The molecule has 0 saturated carbocycles. The Morgan fingerprint density at radius 1 is 1.17 bits per heavy atom. The van der Waals surface area contributed by atoms with E-state index in [2.05, 4.69) is 4.90 Å². The number of hydrogen-bond donors (Lipinski definition) is 0. The topological polar surface area (TPSA) is 53.1 Å². The minimum atomic E-state index is -0.271. The van der Waals surface area contributed by atoms with Crippen molar-refractivity contribution in [2.24, 2.45) is 0 Å². The molecule has 1 fully saturated rings. The van der Waals surface area contributed by atoms with Gasteiger partial charge in [-0.25, -0.2) is 4.79 Å². The van der Waals surface area contributed by atoms with Crippen LogP contribution in [0.4, 0.5) is 10.5 Å². The van der Waals surface area contributed by atoms with Crippen LogP contribution in [-0.2, 0) is 9.53 Å². The maximum Gasteiger partial charge on any atom is 0.409 e. The van der Waals surface area contributed by atoms with Crippen LogP contribution in [0, 0.1) is 0 Å². The Morgan fingerprint density at radius 3 is 2.35 bits per heavy atom. The number of anilines is 1. The lowest BCUT2D eigenvalue weighted by Gasteiger charge is -2.37. The average molecular weight is 319 g/mol. The van der Waals surface area contributed by atoms with Crippen LogP contribution >= 0.6 is 0 Å². The van der Waals surface area contributed by atoms with Crippen LogP contribution in [-0.4, -0.2) is 67.7 Å². The summed E-state index contributed by atoms with van der Waals surface area (Å²) in [6.45, 7) is 6.63. The van der Waals surface area contributed by atoms with Crippen LogP contribution in [0.1, 0.15) is 13.8 Å². The zero-order valence-corrected chi connectivity index (χ0v) is 14.1. The van der Waals surface area contributed by atoms with Crippen LogP contribution in [0.15, 0.2) is 30.3 Å². The van der Waals surface area contributed by atoms with Crippen molar-refractivity contribution in [3.63, 3.8) is 0 Å². The molecule has 1 saturated heterocycles. The largest absolute Gasteiger partial charge is 0.450 e. The predicted molar refractivity (Wildman–Crippen MR) is 89.5 cm³/mol. The molecule has 2 amide bonds. The fourth-order valence-corrected chi connectivity index (χ4v) is 2.72. The van der Waals surface area contributed by atoms with Gasteiger partial charge in [0, 0.05) is 38.9 Å². The van der Waals surface area contributed by atoms with E-state index in [-0.39, 0.29) is 18.0 Å². The minimum absolute atomic E-state index is 0.0563. The molecule has 1 aromatic carbocycles. The predicted octanol–water partition coefficient (Wildman–Crippen LogP) is 1.81. The van der Waals surface area contributed by atoms with E-state index in [4.69, 9.17) is 4.74 Å². The van der Waals surface area contributed by atoms with Crippen molar-refractivity contribution >= 4 is 17.7 Å². The molecule has 1 atom stereocenters. The molecular formula is C17H25N3O3. The normalized spacial score (nSPS) is 16.7. The number of nitrogens with zero attached hydrogens (tertiary/aromatic N) is 3. The molecule has 1 aliphatic rings. The van der Waals surface area contributed by atoms with Crippen molar-refractivity contribution in [3.8, 4) is 0 Å². The summed E-state index contributed by atoms with van der Waals surface area (Å²) >= 11 is 0. The molecule has 0 bridgehead atoms. The number of amides is 2. The molecule has 0 aromatic heterocycles. The van der Waals surface area contributed by atoms with Gasteiger partial charge in [0.15, 0.2) is 0 Å². The maximum absolute atomic E-state index is 12.6. The first-order valence-electron chi connectivity index (χ1n) is 8.03. The first-order valence-corrected chi connectivity index (χ1v) is 8.03. The molecule has 126 valence electrons. The van der Waals surface area contributed by atoms with Gasteiger partial charge in [-0.3, -0.25) is 9.69 Å². The number of para-hydroxylation sites is 1. The van der Waals surface area contributed by atoms with Gasteiger partial charge in [-0.1, -0.05) is 18.2 Å². The van der Waals surface area contributed by atoms with Crippen molar-refractivity contribution in [2.45, 2.75) is 19.9 Å². The van der Waals surface area contributed by atoms with Gasteiger partial charge in [0.1, 0.15) is 0 Å². The van der Waals surface area contributed by atoms with Gasteiger partial charge in [-0.15, -0.1) is 0 Å². The molecule has 23 heavy (non-hydrogen) atoms. The molecule has 6 nitrogen and oxygen atoms in total. The monoisotopic (exact) mass is 319 g/mol. The Labute approximate surface area is 137 Å². The summed E-state index contributed by atoms with van der Waals surface area (Å²) in [4.78, 5) is 29.8. The maximum atomic E-state index is 12.6. The molecule has 0 spiro atoms. The SMILES string of the molecule is CCOC(=O)N1CCN(C(C)C(=O)N(C)c2ccccc2)CC1. The molecule has 1 aliphatic heterocycles. The number of carbonyl (C=O) groups excluding carboxylic acids is 2. The standard InChI is InChI=1S/C17H25N3O3/c1-4-23-17(22)20-12-10-19(11-13-20)14(2)16(21)18(3)15-8-6-5-7-9-15/h5-9,14H,4,10-13H2,1-3H3. The van der Waals surface area contributed by atoms with Gasteiger partial charge < -0.3 is 14.5 Å². The lowest BCUT2D eigenvalue weighted by atomic mass is 10.2. The summed E-state index contributed by atoms with van der Waals surface area (Å²) in [5.41, 5.74) is 0.884. The lowest BCUT2D eigenvalue weighted by Crippen LogP contribution is -2.55. The Bertz CT molecular complexity index is 527. The van der Waals surface area contributed by atoms with Crippen LogP contribution in [0.3, 0.4) is 0 Å². The molecule has 0 radical (unpaired) electrons. The highest BCUT2D eigenvalue weighted by atomic mass is 16.6. The van der Waals surface area contributed by atoms with Crippen molar-refractivity contribution in [2.75, 3.05) is 44.7 Å². The van der Waals surface area contributed by atoms with Gasteiger partial charge in [0.25, 0.3) is 0 Å². The third-order valence-corrected chi connectivity index (χ3v) is 4.22. The highest BCUT2D eigenvalue weighted by molar-refractivity contribution is 5.96. The average Bonchev–Trinajstić information content (AvgIpc) is 2.61. The third-order valence-electron chi connectivity index (χ3n) is 4.22. The Hall–Kier alpha value is -2.08. The van der Waals surface area contributed by atoms with Crippen LogP contribution in [0.2, 0.25) is 0 Å². The summed E-state index contributed by atoms with van der Waals surface area (Å²) in [7, 11) is 1.79.